The molecule has 0 amide bonds. The summed E-state index contributed by atoms with van der Waals surface area (Å²) < 4.78 is 0. The summed E-state index contributed by atoms with van der Waals surface area (Å²) >= 11 is 0. The van der Waals surface area contributed by atoms with Crippen molar-refractivity contribution in [1.82, 2.24) is 0 Å². The first kappa shape index (κ1) is 20.8. The van der Waals surface area contributed by atoms with Crippen molar-refractivity contribution in [3.63, 3.8) is 0 Å². The first-order chi connectivity index (χ1) is 9.53. The highest BCUT2D eigenvalue weighted by Gasteiger charge is 1.94. The number of hydrogen-bond donors (Lipinski definition) is 0. The lowest BCUT2D eigenvalue weighted by molar-refractivity contribution is 1.01. The summed E-state index contributed by atoms with van der Waals surface area (Å²) in [5, 5.41) is 0. The van der Waals surface area contributed by atoms with Crippen LogP contribution < -0.4 is 0 Å². The van der Waals surface area contributed by atoms with Gasteiger partial charge >= 0.3 is 0 Å². The smallest absolute Gasteiger partial charge is 0.0130 e. The van der Waals surface area contributed by atoms with E-state index in [1.54, 1.807) is 0 Å². The highest BCUT2D eigenvalue weighted by molar-refractivity contribution is 5.26. The molecule has 0 saturated heterocycles. The minimum atomic E-state index is 1.03. The predicted molar refractivity (Wildman–Crippen MR) is 96.0 cm³/mol. The molecule has 0 heteroatoms. The number of rotatable bonds is 6. The monoisotopic (exact) mass is 272 g/mol. The van der Waals surface area contributed by atoms with E-state index in [9.17, 15) is 0 Å². The van der Waals surface area contributed by atoms with Crippen LogP contribution in [-0.4, -0.2) is 0 Å². The van der Waals surface area contributed by atoms with Gasteiger partial charge in [-0.05, 0) is 47.5 Å². The van der Waals surface area contributed by atoms with E-state index in [0.29, 0.717) is 0 Å². The third kappa shape index (κ3) is 14.5. The molecule has 0 atom stereocenters. The van der Waals surface area contributed by atoms with E-state index in [0.717, 1.165) is 18.4 Å². The van der Waals surface area contributed by atoms with Crippen molar-refractivity contribution in [3.8, 4) is 0 Å². The molecule has 0 saturated carbocycles. The summed E-state index contributed by atoms with van der Waals surface area (Å²) in [5.41, 5.74) is 3.97. The van der Waals surface area contributed by atoms with Crippen molar-refractivity contribution in [2.75, 3.05) is 0 Å². The van der Waals surface area contributed by atoms with E-state index >= 15 is 0 Å². The van der Waals surface area contributed by atoms with Gasteiger partial charge in [-0.25, -0.2) is 0 Å². The van der Waals surface area contributed by atoms with Crippen molar-refractivity contribution < 1.29 is 0 Å². The molecular formula is C20H32. The van der Waals surface area contributed by atoms with Crippen LogP contribution in [0.15, 0.2) is 71.9 Å². The van der Waals surface area contributed by atoms with E-state index in [1.165, 1.54) is 11.1 Å². The zero-order chi connectivity index (χ0) is 15.8. The van der Waals surface area contributed by atoms with Gasteiger partial charge in [0.2, 0.25) is 0 Å². The lowest BCUT2D eigenvalue weighted by Gasteiger charge is -2.03. The molecule has 0 fully saturated rings. The molecule has 0 aromatic carbocycles. The third-order valence-corrected chi connectivity index (χ3v) is 2.73. The highest BCUT2D eigenvalue weighted by atomic mass is 14.0. The quantitative estimate of drug-likeness (QED) is 0.362. The van der Waals surface area contributed by atoms with E-state index in [2.05, 4.69) is 51.7 Å². The second kappa shape index (κ2) is 15.5. The summed E-state index contributed by atoms with van der Waals surface area (Å²) in [7, 11) is 0. The molecule has 0 radical (unpaired) electrons. The van der Waals surface area contributed by atoms with Crippen LogP contribution in [0.3, 0.4) is 0 Å². The normalized spacial score (nSPS) is 13.1. The van der Waals surface area contributed by atoms with Crippen LogP contribution in [0.2, 0.25) is 0 Å². The molecule has 0 nitrogen and oxygen atoms in total. The van der Waals surface area contributed by atoms with Gasteiger partial charge in [0.1, 0.15) is 0 Å². The fourth-order valence-electron chi connectivity index (χ4n) is 1.46. The summed E-state index contributed by atoms with van der Waals surface area (Å²) in [6, 6.07) is 0. The summed E-state index contributed by atoms with van der Waals surface area (Å²) in [5.74, 6) is 0. The standard InChI is InChI=1S/C16H24.C4H8/c1-6-11-15(5)16(7-2)13-10-8-9-12-14(3)4;1-3-4-2/h6,8-12H,3,7,13H2,1-2,4-5H3;3-4H,1-2H3/b10-8-,11-6-,12-9-,16-15+;. The Morgan fingerprint density at radius 3 is 1.90 bits per heavy atom. The van der Waals surface area contributed by atoms with Gasteiger partial charge in [0, 0.05) is 0 Å². The van der Waals surface area contributed by atoms with E-state index < -0.39 is 0 Å². The highest BCUT2D eigenvalue weighted by Crippen LogP contribution is 2.14. The molecule has 0 aliphatic carbocycles. The fourth-order valence-corrected chi connectivity index (χ4v) is 1.46. The number of allylic oxidation sites excluding steroid dienone is 11. The van der Waals surface area contributed by atoms with Crippen molar-refractivity contribution in [1.29, 1.82) is 0 Å². The largest absolute Gasteiger partial charge is 0.0961 e. The van der Waals surface area contributed by atoms with Crippen LogP contribution in [0.25, 0.3) is 0 Å². The molecule has 0 aromatic rings. The van der Waals surface area contributed by atoms with Gasteiger partial charge in [0.25, 0.3) is 0 Å². The van der Waals surface area contributed by atoms with Gasteiger partial charge in [-0.1, -0.05) is 78.8 Å². The average molecular weight is 272 g/mol. The summed E-state index contributed by atoms with van der Waals surface area (Å²) in [4.78, 5) is 0. The summed E-state index contributed by atoms with van der Waals surface area (Å²) in [6.07, 6.45) is 18.8. The van der Waals surface area contributed by atoms with Gasteiger partial charge in [0.15, 0.2) is 0 Å². The molecule has 0 unspecified atom stereocenters. The lowest BCUT2D eigenvalue weighted by atomic mass is 10.0. The zero-order valence-corrected chi connectivity index (χ0v) is 14.2. The van der Waals surface area contributed by atoms with Crippen LogP contribution in [0.5, 0.6) is 0 Å². The van der Waals surface area contributed by atoms with E-state index in [4.69, 9.17) is 0 Å². The minimum Gasteiger partial charge on any atom is -0.0961 e. The van der Waals surface area contributed by atoms with Gasteiger partial charge in [-0.15, -0.1) is 0 Å². The Bertz CT molecular complexity index is 380. The van der Waals surface area contributed by atoms with E-state index in [-0.39, 0.29) is 0 Å². The predicted octanol–water partition coefficient (Wildman–Crippen LogP) is 6.95. The Balaban J connectivity index is 0. The first-order valence-corrected chi connectivity index (χ1v) is 7.40. The molecule has 20 heavy (non-hydrogen) atoms. The molecular weight excluding hydrogens is 240 g/mol. The minimum absolute atomic E-state index is 1.03. The fraction of sp³-hybridized carbons (Fsp3) is 0.400. The maximum absolute atomic E-state index is 3.82. The molecule has 112 valence electrons. The maximum Gasteiger partial charge on any atom is -0.0130 e. The van der Waals surface area contributed by atoms with Crippen molar-refractivity contribution in [2.24, 2.45) is 0 Å². The van der Waals surface area contributed by atoms with Crippen LogP contribution in [-0.2, 0) is 0 Å². The molecule has 0 bridgehead atoms. The maximum atomic E-state index is 3.82. The van der Waals surface area contributed by atoms with Gasteiger partial charge in [0.05, 0.1) is 0 Å². The number of hydrogen-bond acceptors (Lipinski definition) is 0. The average Bonchev–Trinajstić information content (AvgIpc) is 2.43. The SMILES string of the molecule is C=C(C)/C=C\C=C/C/C(CC)=C(C)/C=C\C.CC=CC. The molecule has 0 aliphatic heterocycles. The van der Waals surface area contributed by atoms with Gasteiger partial charge in [-0.2, -0.15) is 0 Å². The third-order valence-electron chi connectivity index (χ3n) is 2.73. The topological polar surface area (TPSA) is 0 Å². The second-order valence-electron chi connectivity index (χ2n) is 4.64. The second-order valence-corrected chi connectivity index (χ2v) is 4.64. The first-order valence-electron chi connectivity index (χ1n) is 7.40. The van der Waals surface area contributed by atoms with Gasteiger partial charge < -0.3 is 0 Å². The van der Waals surface area contributed by atoms with E-state index in [1.807, 2.05) is 45.1 Å². The zero-order valence-electron chi connectivity index (χ0n) is 14.2. The van der Waals surface area contributed by atoms with Crippen LogP contribution >= 0.6 is 0 Å². The molecule has 0 rings (SSSR count). The molecule has 0 aliphatic rings. The van der Waals surface area contributed by atoms with Gasteiger partial charge in [-0.3, -0.25) is 0 Å². The Kier molecular flexibility index (Phi) is 16.1. The van der Waals surface area contributed by atoms with Crippen molar-refractivity contribution >= 4 is 0 Å². The lowest BCUT2D eigenvalue weighted by Crippen LogP contribution is -1.83. The molecule has 0 spiro atoms. The van der Waals surface area contributed by atoms with Crippen molar-refractivity contribution in [2.45, 2.75) is 54.4 Å². The Morgan fingerprint density at radius 1 is 0.900 bits per heavy atom. The Hall–Kier alpha value is -1.56. The Labute approximate surface area is 127 Å². The van der Waals surface area contributed by atoms with Crippen molar-refractivity contribution in [3.05, 3.63) is 71.9 Å². The Morgan fingerprint density at radius 2 is 1.50 bits per heavy atom. The van der Waals surface area contributed by atoms with Crippen LogP contribution in [0.4, 0.5) is 0 Å². The molecule has 0 aromatic heterocycles. The van der Waals surface area contributed by atoms with Crippen LogP contribution in [0, 0.1) is 0 Å². The molecule has 0 heterocycles. The van der Waals surface area contributed by atoms with Crippen LogP contribution in [0.1, 0.15) is 54.4 Å². The molecule has 0 N–H and O–H groups in total. The summed E-state index contributed by atoms with van der Waals surface area (Å²) in [6.45, 7) is 16.3.